The topological polar surface area (TPSA) is 36.4 Å². The molecule has 2 aliphatic heterocycles. The Balaban J connectivity index is 2.01. The van der Waals surface area contributed by atoms with Crippen LogP contribution in [0.1, 0.15) is 19.3 Å². The predicted molar refractivity (Wildman–Crippen MR) is 54.5 cm³/mol. The maximum atomic E-state index is 4.15. The molecule has 70 valence electrons. The lowest BCUT2D eigenvalue weighted by Crippen LogP contribution is -2.38. The van der Waals surface area contributed by atoms with E-state index in [0.717, 1.165) is 6.54 Å². The SMILES string of the molecule is C1=CNC(C2CCCCN2)=CN=C1. The van der Waals surface area contributed by atoms with E-state index in [2.05, 4.69) is 15.6 Å². The van der Waals surface area contributed by atoms with Crippen molar-refractivity contribution in [3.05, 3.63) is 24.2 Å². The number of allylic oxidation sites excluding steroid dienone is 1. The summed E-state index contributed by atoms with van der Waals surface area (Å²) >= 11 is 0. The lowest BCUT2D eigenvalue weighted by atomic mass is 10.0. The molecule has 0 aliphatic carbocycles. The summed E-state index contributed by atoms with van der Waals surface area (Å²) in [5.74, 6) is 0. The van der Waals surface area contributed by atoms with Crippen LogP contribution in [0.15, 0.2) is 29.2 Å². The van der Waals surface area contributed by atoms with Gasteiger partial charge in [-0.05, 0) is 25.5 Å². The first-order chi connectivity index (χ1) is 6.47. The maximum Gasteiger partial charge on any atom is 0.0505 e. The summed E-state index contributed by atoms with van der Waals surface area (Å²) in [4.78, 5) is 4.15. The van der Waals surface area contributed by atoms with Crippen molar-refractivity contribution < 1.29 is 0 Å². The van der Waals surface area contributed by atoms with Crippen LogP contribution in [0, 0.1) is 0 Å². The number of nitrogens with zero attached hydrogens (tertiary/aromatic N) is 1. The zero-order valence-electron chi connectivity index (χ0n) is 7.66. The van der Waals surface area contributed by atoms with Gasteiger partial charge in [0.25, 0.3) is 0 Å². The predicted octanol–water partition coefficient (Wildman–Crippen LogP) is 1.16. The van der Waals surface area contributed by atoms with Gasteiger partial charge in [0, 0.05) is 24.7 Å². The van der Waals surface area contributed by atoms with Crippen LogP contribution in [-0.4, -0.2) is 18.8 Å². The minimum absolute atomic E-state index is 0.466. The van der Waals surface area contributed by atoms with E-state index >= 15 is 0 Å². The Morgan fingerprint density at radius 1 is 1.38 bits per heavy atom. The van der Waals surface area contributed by atoms with Crippen LogP contribution in [0.5, 0.6) is 0 Å². The number of aliphatic imine (C=N–C) groups is 1. The van der Waals surface area contributed by atoms with E-state index in [4.69, 9.17) is 0 Å². The van der Waals surface area contributed by atoms with Crippen LogP contribution in [0.4, 0.5) is 0 Å². The van der Waals surface area contributed by atoms with Crippen molar-refractivity contribution in [1.29, 1.82) is 0 Å². The lowest BCUT2D eigenvalue weighted by molar-refractivity contribution is 0.430. The molecule has 0 spiro atoms. The van der Waals surface area contributed by atoms with Crippen LogP contribution >= 0.6 is 0 Å². The average Bonchev–Trinajstić information content (AvgIpc) is 2.47. The Hall–Kier alpha value is -1.09. The Morgan fingerprint density at radius 2 is 2.38 bits per heavy atom. The molecule has 0 aromatic heterocycles. The first-order valence-electron chi connectivity index (χ1n) is 4.85. The second-order valence-electron chi connectivity index (χ2n) is 3.39. The molecule has 3 nitrogen and oxygen atoms in total. The molecule has 2 N–H and O–H groups in total. The molecule has 0 aromatic rings. The summed E-state index contributed by atoms with van der Waals surface area (Å²) in [5, 5.41) is 6.72. The third-order valence-corrected chi connectivity index (χ3v) is 2.42. The normalized spacial score (nSPS) is 27.7. The fourth-order valence-electron chi connectivity index (χ4n) is 1.71. The van der Waals surface area contributed by atoms with Crippen LogP contribution in [0.2, 0.25) is 0 Å². The van der Waals surface area contributed by atoms with Gasteiger partial charge in [-0.3, -0.25) is 4.99 Å². The quantitative estimate of drug-likeness (QED) is 0.630. The molecule has 1 saturated heterocycles. The van der Waals surface area contributed by atoms with Gasteiger partial charge in [-0.1, -0.05) is 6.42 Å². The van der Waals surface area contributed by atoms with Gasteiger partial charge in [-0.15, -0.1) is 0 Å². The van der Waals surface area contributed by atoms with Gasteiger partial charge in [0.1, 0.15) is 0 Å². The minimum Gasteiger partial charge on any atom is -0.362 e. The summed E-state index contributed by atoms with van der Waals surface area (Å²) in [6.45, 7) is 1.12. The largest absolute Gasteiger partial charge is 0.362 e. The molecule has 1 unspecified atom stereocenters. The van der Waals surface area contributed by atoms with Gasteiger partial charge < -0.3 is 10.6 Å². The maximum absolute atomic E-state index is 4.15. The van der Waals surface area contributed by atoms with Crippen molar-refractivity contribution in [2.75, 3.05) is 6.54 Å². The zero-order valence-corrected chi connectivity index (χ0v) is 7.66. The van der Waals surface area contributed by atoms with Crippen molar-refractivity contribution in [3.8, 4) is 0 Å². The van der Waals surface area contributed by atoms with E-state index in [1.807, 2.05) is 18.5 Å². The van der Waals surface area contributed by atoms with E-state index in [1.165, 1.54) is 25.0 Å². The summed E-state index contributed by atoms with van der Waals surface area (Å²) in [6.07, 6.45) is 11.4. The highest BCUT2D eigenvalue weighted by molar-refractivity contribution is 5.72. The number of nitrogens with one attached hydrogen (secondary N) is 2. The van der Waals surface area contributed by atoms with E-state index in [0.29, 0.717) is 6.04 Å². The van der Waals surface area contributed by atoms with Gasteiger partial charge in [-0.2, -0.15) is 0 Å². The molecule has 2 rings (SSSR count). The van der Waals surface area contributed by atoms with Crippen molar-refractivity contribution in [3.63, 3.8) is 0 Å². The summed E-state index contributed by atoms with van der Waals surface area (Å²) in [6, 6.07) is 0.466. The molecule has 0 amide bonds. The Bertz CT molecular complexity index is 247. The molecule has 0 bridgehead atoms. The van der Waals surface area contributed by atoms with Crippen molar-refractivity contribution in [2.24, 2.45) is 4.99 Å². The molecular weight excluding hydrogens is 162 g/mol. The fraction of sp³-hybridized carbons (Fsp3) is 0.500. The standard InChI is InChI=1S/C10H15N3/c1-2-6-12-9(4-1)10-8-11-5-3-7-13-10/h3,5,7-9,12-13H,1-2,4,6H2. The van der Waals surface area contributed by atoms with E-state index in [9.17, 15) is 0 Å². The fourth-order valence-corrected chi connectivity index (χ4v) is 1.71. The first-order valence-corrected chi connectivity index (χ1v) is 4.85. The highest BCUT2D eigenvalue weighted by Gasteiger charge is 2.16. The van der Waals surface area contributed by atoms with Gasteiger partial charge in [0.2, 0.25) is 0 Å². The molecule has 0 saturated carbocycles. The van der Waals surface area contributed by atoms with Crippen LogP contribution in [-0.2, 0) is 0 Å². The number of hydrogen-bond acceptors (Lipinski definition) is 3. The smallest absolute Gasteiger partial charge is 0.0505 e. The van der Waals surface area contributed by atoms with Crippen molar-refractivity contribution >= 4 is 6.21 Å². The molecule has 3 heteroatoms. The summed E-state index contributed by atoms with van der Waals surface area (Å²) < 4.78 is 0. The van der Waals surface area contributed by atoms with Gasteiger partial charge in [-0.25, -0.2) is 0 Å². The van der Waals surface area contributed by atoms with Crippen LogP contribution < -0.4 is 10.6 Å². The highest BCUT2D eigenvalue weighted by atomic mass is 15.0. The Morgan fingerprint density at radius 3 is 3.23 bits per heavy atom. The van der Waals surface area contributed by atoms with Gasteiger partial charge >= 0.3 is 0 Å². The third-order valence-electron chi connectivity index (χ3n) is 2.42. The molecule has 0 radical (unpaired) electrons. The van der Waals surface area contributed by atoms with Crippen LogP contribution in [0.25, 0.3) is 0 Å². The van der Waals surface area contributed by atoms with Crippen molar-refractivity contribution in [1.82, 2.24) is 10.6 Å². The third kappa shape index (κ3) is 2.18. The molecule has 0 aromatic carbocycles. The second-order valence-corrected chi connectivity index (χ2v) is 3.39. The van der Waals surface area contributed by atoms with Crippen LogP contribution in [0.3, 0.4) is 0 Å². The number of rotatable bonds is 1. The molecular formula is C10H15N3. The summed E-state index contributed by atoms with van der Waals surface area (Å²) in [5.41, 5.74) is 1.18. The molecule has 1 atom stereocenters. The average molecular weight is 177 g/mol. The van der Waals surface area contributed by atoms with Gasteiger partial charge in [0.05, 0.1) is 5.70 Å². The van der Waals surface area contributed by atoms with E-state index in [-0.39, 0.29) is 0 Å². The molecule has 2 aliphatic rings. The molecule has 1 fully saturated rings. The molecule has 2 heterocycles. The Kier molecular flexibility index (Phi) is 2.77. The first kappa shape index (κ1) is 8.51. The number of piperidine rings is 1. The lowest BCUT2D eigenvalue weighted by Gasteiger charge is -2.25. The zero-order chi connectivity index (χ0) is 8.93. The van der Waals surface area contributed by atoms with Crippen molar-refractivity contribution in [2.45, 2.75) is 25.3 Å². The highest BCUT2D eigenvalue weighted by Crippen LogP contribution is 2.13. The summed E-state index contributed by atoms with van der Waals surface area (Å²) in [7, 11) is 0. The number of hydrogen-bond donors (Lipinski definition) is 2. The Labute approximate surface area is 78.6 Å². The van der Waals surface area contributed by atoms with E-state index in [1.54, 1.807) is 6.21 Å². The minimum atomic E-state index is 0.466. The van der Waals surface area contributed by atoms with Gasteiger partial charge in [0.15, 0.2) is 0 Å². The van der Waals surface area contributed by atoms with E-state index < -0.39 is 0 Å². The molecule has 13 heavy (non-hydrogen) atoms. The monoisotopic (exact) mass is 177 g/mol. The second kappa shape index (κ2) is 4.23.